The standard InChI is InChI=1S/C13H14N4O/c1-17-6-5-13(16-17)15-9-10-3-4-11(8-14)12(7-10)18-2/h3-7H,9H2,1-2H3,(H,15,16). The second-order valence-corrected chi connectivity index (χ2v) is 3.87. The molecule has 0 aliphatic rings. The van der Waals surface area contributed by atoms with E-state index in [1.54, 1.807) is 17.9 Å². The number of aryl methyl sites for hydroxylation is 1. The number of hydrogen-bond acceptors (Lipinski definition) is 4. The van der Waals surface area contributed by atoms with Crippen LogP contribution in [0.3, 0.4) is 0 Å². The Morgan fingerprint density at radius 1 is 1.44 bits per heavy atom. The molecule has 0 radical (unpaired) electrons. The molecule has 92 valence electrons. The topological polar surface area (TPSA) is 62.9 Å². The molecule has 0 unspecified atom stereocenters. The summed E-state index contributed by atoms with van der Waals surface area (Å²) in [5.74, 6) is 1.42. The van der Waals surface area contributed by atoms with E-state index in [4.69, 9.17) is 10.00 Å². The molecule has 0 bridgehead atoms. The normalized spacial score (nSPS) is 9.83. The third-order valence-electron chi connectivity index (χ3n) is 2.57. The van der Waals surface area contributed by atoms with E-state index < -0.39 is 0 Å². The smallest absolute Gasteiger partial charge is 0.148 e. The maximum atomic E-state index is 8.89. The predicted molar refractivity (Wildman–Crippen MR) is 68.2 cm³/mol. The molecule has 2 aromatic rings. The summed E-state index contributed by atoms with van der Waals surface area (Å²) in [5, 5.41) is 16.3. The van der Waals surface area contributed by atoms with Crippen molar-refractivity contribution in [2.24, 2.45) is 7.05 Å². The van der Waals surface area contributed by atoms with Gasteiger partial charge in [0.05, 0.1) is 12.7 Å². The second-order valence-electron chi connectivity index (χ2n) is 3.87. The van der Waals surface area contributed by atoms with Crippen molar-refractivity contribution in [3.05, 3.63) is 41.6 Å². The maximum absolute atomic E-state index is 8.89. The van der Waals surface area contributed by atoms with Crippen molar-refractivity contribution in [1.29, 1.82) is 5.26 Å². The zero-order valence-electron chi connectivity index (χ0n) is 10.3. The van der Waals surface area contributed by atoms with E-state index in [0.29, 0.717) is 17.9 Å². The number of nitriles is 1. The Kier molecular flexibility index (Phi) is 3.49. The highest BCUT2D eigenvalue weighted by Gasteiger charge is 2.04. The van der Waals surface area contributed by atoms with Crippen LogP contribution in [0.25, 0.3) is 0 Å². The van der Waals surface area contributed by atoms with E-state index in [-0.39, 0.29) is 0 Å². The zero-order valence-corrected chi connectivity index (χ0v) is 10.3. The number of benzene rings is 1. The second kappa shape index (κ2) is 5.23. The van der Waals surface area contributed by atoms with Gasteiger partial charge in [-0.15, -0.1) is 0 Å². The van der Waals surface area contributed by atoms with Gasteiger partial charge in [0.1, 0.15) is 17.6 Å². The van der Waals surface area contributed by atoms with Gasteiger partial charge in [0.2, 0.25) is 0 Å². The summed E-state index contributed by atoms with van der Waals surface area (Å²) >= 11 is 0. The SMILES string of the molecule is COc1cc(CNc2ccn(C)n2)ccc1C#N. The van der Waals surface area contributed by atoms with Crippen molar-refractivity contribution >= 4 is 5.82 Å². The van der Waals surface area contributed by atoms with Gasteiger partial charge in [-0.1, -0.05) is 6.07 Å². The first-order chi connectivity index (χ1) is 8.72. The molecule has 1 aromatic carbocycles. The van der Waals surface area contributed by atoms with Crippen LogP contribution in [-0.4, -0.2) is 16.9 Å². The number of aromatic nitrogens is 2. The Labute approximate surface area is 106 Å². The zero-order chi connectivity index (χ0) is 13.0. The lowest BCUT2D eigenvalue weighted by molar-refractivity contribution is 0.413. The fraction of sp³-hybridized carbons (Fsp3) is 0.231. The molecule has 0 atom stereocenters. The van der Waals surface area contributed by atoms with Gasteiger partial charge in [-0.05, 0) is 17.7 Å². The summed E-state index contributed by atoms with van der Waals surface area (Å²) in [6.45, 7) is 0.638. The van der Waals surface area contributed by atoms with Crippen LogP contribution in [0.15, 0.2) is 30.5 Å². The van der Waals surface area contributed by atoms with E-state index >= 15 is 0 Å². The van der Waals surface area contributed by atoms with Crippen LogP contribution in [0.1, 0.15) is 11.1 Å². The van der Waals surface area contributed by atoms with Crippen LogP contribution in [0.4, 0.5) is 5.82 Å². The van der Waals surface area contributed by atoms with Crippen molar-refractivity contribution in [1.82, 2.24) is 9.78 Å². The summed E-state index contributed by atoms with van der Waals surface area (Å²) in [6, 6.07) is 9.51. The fourth-order valence-corrected chi connectivity index (χ4v) is 1.64. The molecule has 0 fully saturated rings. The molecule has 5 nitrogen and oxygen atoms in total. The van der Waals surface area contributed by atoms with Gasteiger partial charge in [0.25, 0.3) is 0 Å². The number of anilines is 1. The highest BCUT2D eigenvalue weighted by Crippen LogP contribution is 2.19. The minimum atomic E-state index is 0.541. The Hall–Kier alpha value is -2.48. The third kappa shape index (κ3) is 2.61. The predicted octanol–water partition coefficient (Wildman–Crippen LogP) is 1.91. The third-order valence-corrected chi connectivity index (χ3v) is 2.57. The van der Waals surface area contributed by atoms with E-state index in [1.807, 2.05) is 31.4 Å². The van der Waals surface area contributed by atoms with E-state index in [9.17, 15) is 0 Å². The summed E-state index contributed by atoms with van der Waals surface area (Å²) in [4.78, 5) is 0. The number of nitrogens with one attached hydrogen (secondary N) is 1. The van der Waals surface area contributed by atoms with Crippen LogP contribution < -0.4 is 10.1 Å². The lowest BCUT2D eigenvalue weighted by Gasteiger charge is -2.07. The monoisotopic (exact) mass is 242 g/mol. The summed E-state index contributed by atoms with van der Waals surface area (Å²) in [6.07, 6.45) is 1.88. The number of rotatable bonds is 4. The van der Waals surface area contributed by atoms with Crippen molar-refractivity contribution in [3.63, 3.8) is 0 Å². The summed E-state index contributed by atoms with van der Waals surface area (Å²) in [7, 11) is 3.43. The molecule has 0 spiro atoms. The van der Waals surface area contributed by atoms with E-state index in [0.717, 1.165) is 11.4 Å². The molecule has 18 heavy (non-hydrogen) atoms. The van der Waals surface area contributed by atoms with Crippen LogP contribution in [0, 0.1) is 11.3 Å². The van der Waals surface area contributed by atoms with Gasteiger partial charge in [0, 0.05) is 25.9 Å². The molecule has 0 aliphatic heterocycles. The molecular weight excluding hydrogens is 228 g/mol. The molecule has 0 amide bonds. The lowest BCUT2D eigenvalue weighted by atomic mass is 10.1. The van der Waals surface area contributed by atoms with E-state index in [2.05, 4.69) is 16.5 Å². The van der Waals surface area contributed by atoms with Crippen molar-refractivity contribution in [2.45, 2.75) is 6.54 Å². The quantitative estimate of drug-likeness (QED) is 0.889. The molecule has 0 saturated carbocycles. The van der Waals surface area contributed by atoms with Gasteiger partial charge in [-0.2, -0.15) is 10.4 Å². The van der Waals surface area contributed by atoms with Crippen molar-refractivity contribution < 1.29 is 4.74 Å². The van der Waals surface area contributed by atoms with Crippen molar-refractivity contribution in [2.75, 3.05) is 12.4 Å². The van der Waals surface area contributed by atoms with Gasteiger partial charge in [-0.3, -0.25) is 4.68 Å². The molecule has 1 aromatic heterocycles. The minimum Gasteiger partial charge on any atom is -0.495 e. The molecule has 1 heterocycles. The Bertz CT molecular complexity index is 583. The Morgan fingerprint density at radius 2 is 2.28 bits per heavy atom. The van der Waals surface area contributed by atoms with Gasteiger partial charge < -0.3 is 10.1 Å². The minimum absolute atomic E-state index is 0.541. The fourth-order valence-electron chi connectivity index (χ4n) is 1.64. The first-order valence-electron chi connectivity index (χ1n) is 5.53. The molecule has 1 N–H and O–H groups in total. The molecule has 2 rings (SSSR count). The molecule has 0 aliphatic carbocycles. The number of nitrogens with zero attached hydrogens (tertiary/aromatic N) is 3. The van der Waals surface area contributed by atoms with Crippen LogP contribution in [0.2, 0.25) is 0 Å². The number of ether oxygens (including phenoxy) is 1. The lowest BCUT2D eigenvalue weighted by Crippen LogP contribution is -2.01. The Balaban J connectivity index is 2.08. The highest BCUT2D eigenvalue weighted by molar-refractivity contribution is 5.46. The summed E-state index contributed by atoms with van der Waals surface area (Å²) < 4.78 is 6.90. The first-order valence-corrected chi connectivity index (χ1v) is 5.53. The largest absolute Gasteiger partial charge is 0.495 e. The highest BCUT2D eigenvalue weighted by atomic mass is 16.5. The Morgan fingerprint density at radius 3 is 2.89 bits per heavy atom. The average molecular weight is 242 g/mol. The van der Waals surface area contributed by atoms with Crippen LogP contribution in [-0.2, 0) is 13.6 Å². The first kappa shape index (κ1) is 12.0. The summed E-state index contributed by atoms with van der Waals surface area (Å²) in [5.41, 5.74) is 1.58. The average Bonchev–Trinajstić information content (AvgIpc) is 2.81. The molecule has 0 saturated heterocycles. The molecule has 5 heteroatoms. The van der Waals surface area contributed by atoms with Crippen LogP contribution in [0.5, 0.6) is 5.75 Å². The number of hydrogen-bond donors (Lipinski definition) is 1. The molecular formula is C13H14N4O. The van der Waals surface area contributed by atoms with Gasteiger partial charge in [-0.25, -0.2) is 0 Å². The number of methoxy groups -OCH3 is 1. The van der Waals surface area contributed by atoms with Crippen LogP contribution >= 0.6 is 0 Å². The van der Waals surface area contributed by atoms with Gasteiger partial charge >= 0.3 is 0 Å². The maximum Gasteiger partial charge on any atom is 0.148 e. The van der Waals surface area contributed by atoms with E-state index in [1.165, 1.54) is 0 Å². The van der Waals surface area contributed by atoms with Crippen molar-refractivity contribution in [3.8, 4) is 11.8 Å². The van der Waals surface area contributed by atoms with Gasteiger partial charge in [0.15, 0.2) is 0 Å².